The van der Waals surface area contributed by atoms with Crippen molar-refractivity contribution < 1.29 is 15.0 Å². The van der Waals surface area contributed by atoms with E-state index in [1.54, 1.807) is 47.8 Å². The van der Waals surface area contributed by atoms with Gasteiger partial charge >= 0.3 is 0 Å². The number of aromatic nitrogens is 3. The fraction of sp³-hybridized carbons (Fsp3) is 0.719. The molecule has 0 bridgehead atoms. The van der Waals surface area contributed by atoms with Gasteiger partial charge in [0.15, 0.2) is 10.3 Å². The van der Waals surface area contributed by atoms with Crippen molar-refractivity contribution in [3.05, 3.63) is 47.5 Å². The third-order valence-electron chi connectivity index (χ3n) is 12.2. The van der Waals surface area contributed by atoms with Crippen molar-refractivity contribution in [1.82, 2.24) is 15.0 Å². The van der Waals surface area contributed by atoms with E-state index >= 15 is 0 Å². The number of nitrogens with one attached hydrogen (secondary N) is 2. The van der Waals surface area contributed by atoms with Crippen LogP contribution in [0.15, 0.2) is 46.7 Å². The Labute approximate surface area is 419 Å². The van der Waals surface area contributed by atoms with E-state index in [0.29, 0.717) is 18.1 Å². The number of unbranched alkanes of at least 4 members (excludes halogenated alkanes) is 24. The number of phenolic OH excluding ortho intramolecular Hbond substituents is 2. The molecular weight excluding hydrogens is 867 g/mol. The molecule has 8 nitrogen and oxygen atoms in total. The molecule has 0 radical (unpaired) electrons. The summed E-state index contributed by atoms with van der Waals surface area (Å²) in [6.45, 7) is 19.6. The number of nitrogens with zero attached hydrogens (tertiary/aromatic N) is 3. The van der Waals surface area contributed by atoms with Crippen molar-refractivity contribution in [2.45, 2.75) is 263 Å². The van der Waals surface area contributed by atoms with Crippen molar-refractivity contribution in [3.63, 3.8) is 0 Å². The van der Waals surface area contributed by atoms with Crippen molar-refractivity contribution in [2.24, 2.45) is 0 Å². The molecule has 10 heteroatoms. The van der Waals surface area contributed by atoms with E-state index in [4.69, 9.17) is 15.0 Å². The summed E-state index contributed by atoms with van der Waals surface area (Å²) in [6.07, 6.45) is 36.0. The van der Waals surface area contributed by atoms with E-state index in [0.717, 1.165) is 57.2 Å². The predicted molar refractivity (Wildman–Crippen MR) is 293 cm³/mol. The van der Waals surface area contributed by atoms with E-state index in [1.807, 2.05) is 12.1 Å². The zero-order chi connectivity index (χ0) is 49.2. The molecule has 3 aromatic rings. The number of rotatable bonds is 35. The Morgan fingerprint density at radius 1 is 0.493 bits per heavy atom. The Balaban J connectivity index is 0.000000497. The smallest absolute Gasteiger partial charge is 0.232 e. The third kappa shape index (κ3) is 29.0. The lowest BCUT2D eigenvalue weighted by Gasteiger charge is -2.28. The number of amides is 1. The van der Waals surface area contributed by atoms with Crippen molar-refractivity contribution >= 4 is 46.8 Å². The fourth-order valence-electron chi connectivity index (χ4n) is 8.02. The van der Waals surface area contributed by atoms with Gasteiger partial charge in [0, 0.05) is 40.4 Å². The van der Waals surface area contributed by atoms with E-state index in [-0.39, 0.29) is 22.5 Å². The lowest BCUT2D eigenvalue weighted by Crippen LogP contribution is -2.18. The first-order chi connectivity index (χ1) is 32.2. The molecule has 0 spiro atoms. The second-order valence-corrected chi connectivity index (χ2v) is 22.9. The molecule has 0 atom stereocenters. The molecule has 1 aromatic heterocycles. The topological polar surface area (TPSA) is 120 Å². The summed E-state index contributed by atoms with van der Waals surface area (Å²) in [6, 6.07) is 10.7. The SMILES string of the molecule is CCCCCCCCCCCCCCCCCC(=O)Nc1ccc(O)cc1.CCCCCCCCSc1nc(Nc2cc(C(C)(C)C)c(O)c(C(C)(C)C)c2)nc(SCCCCCCCC)n1. The second-order valence-electron chi connectivity index (χ2n) is 20.8. The van der Waals surface area contributed by atoms with Crippen LogP contribution in [-0.2, 0) is 15.6 Å². The Morgan fingerprint density at radius 3 is 1.22 bits per heavy atom. The van der Waals surface area contributed by atoms with E-state index in [9.17, 15) is 15.0 Å². The summed E-state index contributed by atoms with van der Waals surface area (Å²) in [7, 11) is 0. The number of hydrogen-bond donors (Lipinski definition) is 4. The molecule has 67 heavy (non-hydrogen) atoms. The van der Waals surface area contributed by atoms with Crippen LogP contribution in [0.2, 0.25) is 0 Å². The third-order valence-corrected chi connectivity index (χ3v) is 14.1. The molecule has 0 fully saturated rings. The van der Waals surface area contributed by atoms with Crippen LogP contribution in [-0.4, -0.2) is 42.6 Å². The van der Waals surface area contributed by atoms with E-state index in [1.165, 1.54) is 161 Å². The number of phenols is 2. The summed E-state index contributed by atoms with van der Waals surface area (Å²) in [5, 5.41) is 28.3. The lowest BCUT2D eigenvalue weighted by atomic mass is 9.79. The maximum Gasteiger partial charge on any atom is 0.232 e. The first-order valence-corrected chi connectivity index (χ1v) is 28.9. The van der Waals surface area contributed by atoms with Crippen LogP contribution in [0.4, 0.5) is 17.3 Å². The highest BCUT2D eigenvalue weighted by atomic mass is 32.2. The van der Waals surface area contributed by atoms with Gasteiger partial charge in [-0.2, -0.15) is 15.0 Å². The number of aromatic hydroxyl groups is 2. The van der Waals surface area contributed by atoms with Gasteiger partial charge in [0.2, 0.25) is 11.9 Å². The quantitative estimate of drug-likeness (QED) is 0.0259. The first kappa shape index (κ1) is 60.1. The molecule has 0 aliphatic heterocycles. The van der Waals surface area contributed by atoms with E-state index in [2.05, 4.69) is 72.9 Å². The Hall–Kier alpha value is -2.98. The standard InChI is InChI=1S/C33H56N4OS2.C24H41NO2/c1-9-11-13-15-17-19-21-39-30-35-29(36-31(37-30)40-22-20-18-16-14-12-10-2)34-25-23-26(32(3,4)5)28(38)27(24-25)33(6,7)8;1-2-3-4-5-6-7-8-9-10-11-12-13-14-15-16-17-24(27)25-22-18-20-23(26)21-19-22/h23-24,38H,9-22H2,1-8H3,(H,34,35,36,37);18-21,26H,2-17H2,1H3,(H,25,27). The molecule has 2 aromatic carbocycles. The minimum absolute atomic E-state index is 0.0652. The van der Waals surface area contributed by atoms with Gasteiger partial charge < -0.3 is 20.8 Å². The zero-order valence-corrected chi connectivity index (χ0v) is 45.8. The van der Waals surface area contributed by atoms with Gasteiger partial charge in [-0.15, -0.1) is 0 Å². The maximum absolute atomic E-state index is 11.9. The van der Waals surface area contributed by atoms with Gasteiger partial charge in [0.1, 0.15) is 11.5 Å². The first-order valence-electron chi connectivity index (χ1n) is 26.9. The number of anilines is 3. The normalized spacial score (nSPS) is 11.7. The Morgan fingerprint density at radius 2 is 0.851 bits per heavy atom. The predicted octanol–water partition coefficient (Wildman–Crippen LogP) is 18.4. The van der Waals surface area contributed by atoms with E-state index < -0.39 is 0 Å². The molecule has 4 N–H and O–H groups in total. The minimum Gasteiger partial charge on any atom is -0.508 e. The highest BCUT2D eigenvalue weighted by Crippen LogP contribution is 2.41. The highest BCUT2D eigenvalue weighted by molar-refractivity contribution is 7.99. The summed E-state index contributed by atoms with van der Waals surface area (Å²) in [4.78, 5) is 26.3. The van der Waals surface area contributed by atoms with Crippen LogP contribution in [0, 0.1) is 0 Å². The molecule has 3 rings (SSSR count). The molecule has 1 heterocycles. The molecule has 0 unspecified atom stereocenters. The van der Waals surface area contributed by atoms with Crippen LogP contribution in [0.5, 0.6) is 11.5 Å². The van der Waals surface area contributed by atoms with Crippen molar-refractivity contribution in [1.29, 1.82) is 0 Å². The number of hydrogen-bond acceptors (Lipinski definition) is 9. The lowest BCUT2D eigenvalue weighted by molar-refractivity contribution is -0.116. The number of carbonyl (C=O) groups excluding carboxylic acids is 1. The number of thioether (sulfide) groups is 2. The van der Waals surface area contributed by atoms with Crippen LogP contribution >= 0.6 is 23.5 Å². The summed E-state index contributed by atoms with van der Waals surface area (Å²) in [5.41, 5.74) is 3.10. The van der Waals surface area contributed by atoms with Gasteiger partial charge in [-0.1, -0.05) is 240 Å². The van der Waals surface area contributed by atoms with Gasteiger partial charge in [-0.25, -0.2) is 0 Å². The van der Waals surface area contributed by atoms with Gasteiger partial charge in [-0.3, -0.25) is 4.79 Å². The average molecular weight is 965 g/mol. The van der Waals surface area contributed by atoms with Crippen LogP contribution < -0.4 is 10.6 Å². The van der Waals surface area contributed by atoms with Gasteiger partial charge in [0.05, 0.1) is 0 Å². The molecule has 380 valence electrons. The largest absolute Gasteiger partial charge is 0.508 e. The fourth-order valence-corrected chi connectivity index (χ4v) is 9.74. The monoisotopic (exact) mass is 964 g/mol. The number of benzene rings is 2. The summed E-state index contributed by atoms with van der Waals surface area (Å²) >= 11 is 3.48. The highest BCUT2D eigenvalue weighted by Gasteiger charge is 2.27. The van der Waals surface area contributed by atoms with Crippen molar-refractivity contribution in [3.8, 4) is 11.5 Å². The molecule has 0 aliphatic carbocycles. The molecule has 1 amide bonds. The minimum atomic E-state index is -0.197. The molecule has 0 aliphatic rings. The average Bonchev–Trinajstić information content (AvgIpc) is 3.28. The summed E-state index contributed by atoms with van der Waals surface area (Å²) in [5.74, 6) is 3.30. The van der Waals surface area contributed by atoms with Crippen molar-refractivity contribution in [2.75, 3.05) is 22.1 Å². The maximum atomic E-state index is 11.9. The summed E-state index contributed by atoms with van der Waals surface area (Å²) < 4.78 is 0. The number of carbonyl (C=O) groups is 1. The van der Waals surface area contributed by atoms with Gasteiger partial charge in [-0.05, 0) is 66.5 Å². The molecular formula is C57H97N5O3S2. The second kappa shape index (κ2) is 36.0. The van der Waals surface area contributed by atoms with Crippen LogP contribution in [0.3, 0.4) is 0 Å². The van der Waals surface area contributed by atoms with Gasteiger partial charge in [0.25, 0.3) is 0 Å². The Kier molecular flexibility index (Phi) is 32.3. The molecule has 0 saturated carbocycles. The van der Waals surface area contributed by atoms with Crippen LogP contribution in [0.1, 0.15) is 253 Å². The van der Waals surface area contributed by atoms with Crippen LogP contribution in [0.25, 0.3) is 0 Å². The zero-order valence-electron chi connectivity index (χ0n) is 44.1. The Bertz CT molecular complexity index is 1650. The molecule has 0 saturated heterocycles.